The molecule has 32 heavy (non-hydrogen) atoms. The molecule has 0 aromatic heterocycles. The second kappa shape index (κ2) is 10.6. The van der Waals surface area contributed by atoms with Gasteiger partial charge in [0, 0.05) is 26.4 Å². The van der Waals surface area contributed by atoms with Crippen LogP contribution in [-0.4, -0.2) is 30.0 Å². The van der Waals surface area contributed by atoms with Crippen molar-refractivity contribution in [1.82, 2.24) is 5.32 Å². The van der Waals surface area contributed by atoms with Crippen LogP contribution in [0.5, 0.6) is 5.75 Å². The zero-order valence-electron chi connectivity index (χ0n) is 17.3. The fourth-order valence-corrected chi connectivity index (χ4v) is 3.56. The van der Waals surface area contributed by atoms with Gasteiger partial charge in [0.1, 0.15) is 5.75 Å². The highest BCUT2D eigenvalue weighted by Gasteiger charge is 2.22. The minimum Gasteiger partial charge on any atom is -0.441 e. The molecule has 0 aliphatic rings. The summed E-state index contributed by atoms with van der Waals surface area (Å²) in [5.74, 6) is -0.504. The molecule has 0 saturated carbocycles. The van der Waals surface area contributed by atoms with Crippen LogP contribution in [0.4, 0.5) is 11.4 Å². The molecule has 170 valence electrons. The molecule has 0 aliphatic heterocycles. The SMILES string of the molecule is C/C=C(\NC(=O)c1cc([N+](=O)[O-])cc([N+](=O)[O-])c1)Oc1ccc(CP(=O)(OC)OC)cc1. The first-order valence-corrected chi connectivity index (χ1v) is 10.7. The Morgan fingerprint density at radius 1 is 1.03 bits per heavy atom. The van der Waals surface area contributed by atoms with Crippen LogP contribution in [0.25, 0.3) is 0 Å². The molecule has 13 heteroatoms. The van der Waals surface area contributed by atoms with Crippen LogP contribution in [-0.2, 0) is 19.8 Å². The maximum absolute atomic E-state index is 12.5. The number of ether oxygens (including phenoxy) is 1. The van der Waals surface area contributed by atoms with Gasteiger partial charge in [0.05, 0.1) is 27.6 Å². The first-order chi connectivity index (χ1) is 15.1. The number of benzene rings is 2. The van der Waals surface area contributed by atoms with Gasteiger partial charge < -0.3 is 13.8 Å². The summed E-state index contributed by atoms with van der Waals surface area (Å²) >= 11 is 0. The molecule has 1 amide bonds. The highest BCUT2D eigenvalue weighted by atomic mass is 31.2. The Balaban J connectivity index is 2.14. The van der Waals surface area contributed by atoms with Gasteiger partial charge in [0.15, 0.2) is 5.88 Å². The molecule has 2 rings (SSSR count). The lowest BCUT2D eigenvalue weighted by atomic mass is 10.1. The Bertz CT molecular complexity index is 1060. The molecule has 0 spiro atoms. The maximum atomic E-state index is 12.5. The van der Waals surface area contributed by atoms with E-state index in [4.69, 9.17) is 13.8 Å². The Labute approximate surface area is 182 Å². The largest absolute Gasteiger partial charge is 0.441 e. The van der Waals surface area contributed by atoms with E-state index in [1.54, 1.807) is 31.2 Å². The topological polar surface area (TPSA) is 160 Å². The number of carbonyl (C=O) groups is 1. The lowest BCUT2D eigenvalue weighted by Gasteiger charge is -2.14. The highest BCUT2D eigenvalue weighted by molar-refractivity contribution is 7.52. The fraction of sp³-hybridized carbons (Fsp3) is 0.211. The Morgan fingerprint density at radius 2 is 1.56 bits per heavy atom. The van der Waals surface area contributed by atoms with Crippen molar-refractivity contribution in [3.8, 4) is 5.75 Å². The third-order valence-electron chi connectivity index (χ3n) is 4.17. The smallest absolute Gasteiger partial charge is 0.334 e. The van der Waals surface area contributed by atoms with E-state index in [0.717, 1.165) is 18.2 Å². The molecule has 0 atom stereocenters. The maximum Gasteiger partial charge on any atom is 0.334 e. The van der Waals surface area contributed by atoms with E-state index in [0.29, 0.717) is 11.3 Å². The standard InChI is InChI=1S/C19H20N3O9P/c1-4-18(31-17-7-5-13(6-8-17)12-32(28,29-2)30-3)20-19(23)14-9-15(21(24)25)11-16(10-14)22(26)27/h4-11H,12H2,1-3H3,(H,20,23)/b18-4+. The van der Waals surface area contributed by atoms with E-state index in [-0.39, 0.29) is 17.6 Å². The first-order valence-electron chi connectivity index (χ1n) is 8.99. The zero-order chi connectivity index (χ0) is 23.9. The number of non-ortho nitro benzene ring substituents is 2. The molecule has 0 fully saturated rings. The molecule has 1 N–H and O–H groups in total. The summed E-state index contributed by atoms with van der Waals surface area (Å²) in [5, 5.41) is 24.4. The first kappa shape index (κ1) is 24.7. The molecular formula is C19H20N3O9P. The third-order valence-corrected chi connectivity index (χ3v) is 6.03. The second-order valence-electron chi connectivity index (χ2n) is 6.24. The number of hydrogen-bond donors (Lipinski definition) is 1. The normalized spacial score (nSPS) is 11.7. The van der Waals surface area contributed by atoms with Crippen LogP contribution in [0.1, 0.15) is 22.8 Å². The second-order valence-corrected chi connectivity index (χ2v) is 8.51. The van der Waals surface area contributed by atoms with E-state index < -0.39 is 34.7 Å². The van der Waals surface area contributed by atoms with Gasteiger partial charge in [-0.1, -0.05) is 12.1 Å². The van der Waals surface area contributed by atoms with Crippen molar-refractivity contribution in [2.24, 2.45) is 0 Å². The summed E-state index contributed by atoms with van der Waals surface area (Å²) in [7, 11) is -0.651. The van der Waals surface area contributed by atoms with Crippen LogP contribution >= 0.6 is 7.60 Å². The van der Waals surface area contributed by atoms with Crippen LogP contribution in [0, 0.1) is 20.2 Å². The van der Waals surface area contributed by atoms with Gasteiger partial charge in [-0.05, 0) is 30.7 Å². The molecule has 0 unspecified atom stereocenters. The third kappa shape index (κ3) is 6.45. The molecule has 0 bridgehead atoms. The lowest BCUT2D eigenvalue weighted by Crippen LogP contribution is -2.26. The van der Waals surface area contributed by atoms with E-state index in [9.17, 15) is 29.6 Å². The van der Waals surface area contributed by atoms with Gasteiger partial charge in [-0.25, -0.2) is 0 Å². The van der Waals surface area contributed by atoms with Gasteiger partial charge in [-0.3, -0.25) is 34.9 Å². The predicted molar refractivity (Wildman–Crippen MR) is 113 cm³/mol. The molecule has 0 saturated heterocycles. The van der Waals surface area contributed by atoms with Crippen molar-refractivity contribution < 1.29 is 33.0 Å². The summed E-state index contributed by atoms with van der Waals surface area (Å²) in [4.78, 5) is 32.8. The number of nitrogens with zero attached hydrogens (tertiary/aromatic N) is 2. The van der Waals surface area contributed by atoms with Gasteiger partial charge in [-0.2, -0.15) is 0 Å². The number of nitrogens with one attached hydrogen (secondary N) is 1. The van der Waals surface area contributed by atoms with Crippen molar-refractivity contribution in [2.45, 2.75) is 13.1 Å². The van der Waals surface area contributed by atoms with E-state index in [1.165, 1.54) is 20.3 Å². The van der Waals surface area contributed by atoms with Crippen LogP contribution in [0.15, 0.2) is 54.4 Å². The van der Waals surface area contributed by atoms with Gasteiger partial charge in [0.25, 0.3) is 17.3 Å². The Kier molecular flexibility index (Phi) is 8.19. The number of amides is 1. The minimum atomic E-state index is -3.23. The van der Waals surface area contributed by atoms with Crippen molar-refractivity contribution in [2.75, 3.05) is 14.2 Å². The average molecular weight is 465 g/mol. The van der Waals surface area contributed by atoms with Crippen molar-refractivity contribution in [1.29, 1.82) is 0 Å². The van der Waals surface area contributed by atoms with Crippen molar-refractivity contribution in [3.63, 3.8) is 0 Å². The molecule has 0 aliphatic carbocycles. The Morgan fingerprint density at radius 3 is 2.00 bits per heavy atom. The number of allylic oxidation sites excluding steroid dienone is 1. The summed E-state index contributed by atoms with van der Waals surface area (Å²) in [6.45, 7) is 1.58. The monoisotopic (exact) mass is 465 g/mol. The van der Waals surface area contributed by atoms with Gasteiger partial charge in [-0.15, -0.1) is 0 Å². The van der Waals surface area contributed by atoms with Crippen molar-refractivity contribution in [3.05, 3.63) is 85.8 Å². The lowest BCUT2D eigenvalue weighted by molar-refractivity contribution is -0.394. The number of nitro groups is 2. The summed E-state index contributed by atoms with van der Waals surface area (Å²) in [6, 6.07) is 9.02. The zero-order valence-corrected chi connectivity index (χ0v) is 18.2. The van der Waals surface area contributed by atoms with Crippen LogP contribution < -0.4 is 10.1 Å². The summed E-state index contributed by atoms with van der Waals surface area (Å²) in [5.41, 5.74) is -0.794. The van der Waals surface area contributed by atoms with Crippen LogP contribution in [0.3, 0.4) is 0 Å². The quantitative estimate of drug-likeness (QED) is 0.235. The molecule has 2 aromatic rings. The van der Waals surface area contributed by atoms with Crippen molar-refractivity contribution >= 4 is 24.9 Å². The molecule has 0 radical (unpaired) electrons. The molecule has 0 heterocycles. The highest BCUT2D eigenvalue weighted by Crippen LogP contribution is 2.49. The van der Waals surface area contributed by atoms with Gasteiger partial charge >= 0.3 is 7.60 Å². The molecule has 12 nitrogen and oxygen atoms in total. The van der Waals surface area contributed by atoms with Crippen LogP contribution in [0.2, 0.25) is 0 Å². The van der Waals surface area contributed by atoms with E-state index in [2.05, 4.69) is 5.32 Å². The number of carbonyl (C=O) groups excluding carboxylic acids is 1. The molecular weight excluding hydrogens is 445 g/mol. The van der Waals surface area contributed by atoms with E-state index >= 15 is 0 Å². The predicted octanol–water partition coefficient (Wildman–Crippen LogP) is 4.16. The molecule has 2 aromatic carbocycles. The average Bonchev–Trinajstić information content (AvgIpc) is 2.79. The number of hydrogen-bond acceptors (Lipinski definition) is 9. The Hall–Kier alpha value is -3.60. The number of rotatable bonds is 10. The number of nitro benzene ring substituents is 2. The fourth-order valence-electron chi connectivity index (χ4n) is 2.49. The van der Waals surface area contributed by atoms with E-state index in [1.807, 2.05) is 0 Å². The summed E-state index contributed by atoms with van der Waals surface area (Å²) in [6.07, 6.45) is 1.49. The van der Waals surface area contributed by atoms with Gasteiger partial charge in [0.2, 0.25) is 0 Å². The summed E-state index contributed by atoms with van der Waals surface area (Å²) < 4.78 is 27.6. The minimum absolute atomic E-state index is 0.00337.